The molecule has 0 bridgehead atoms. The van der Waals surface area contributed by atoms with E-state index in [0.29, 0.717) is 16.6 Å². The van der Waals surface area contributed by atoms with Gasteiger partial charge < -0.3 is 9.97 Å². The van der Waals surface area contributed by atoms with Crippen molar-refractivity contribution in [3.8, 4) is 0 Å². The van der Waals surface area contributed by atoms with Crippen molar-refractivity contribution in [1.29, 1.82) is 0 Å². The highest BCUT2D eigenvalue weighted by atomic mass is 16.2. The van der Waals surface area contributed by atoms with E-state index in [1.807, 2.05) is 13.8 Å². The van der Waals surface area contributed by atoms with Crippen LogP contribution in [0.1, 0.15) is 30.6 Å². The molecule has 5 nitrogen and oxygen atoms in total. The lowest BCUT2D eigenvalue weighted by Crippen LogP contribution is -2.29. The third kappa shape index (κ3) is 2.11. The molecule has 2 N–H and O–H groups in total. The zero-order chi connectivity index (χ0) is 13.3. The number of H-pyrrole nitrogens is 2. The number of carbonyl (C=O) groups is 1. The second kappa shape index (κ2) is 4.60. The first-order chi connectivity index (χ1) is 8.52. The van der Waals surface area contributed by atoms with Gasteiger partial charge >= 0.3 is 11.1 Å². The molecule has 1 aromatic heterocycles. The number of hydrogen-bond donors (Lipinski definition) is 2. The third-order valence-corrected chi connectivity index (χ3v) is 3.07. The summed E-state index contributed by atoms with van der Waals surface area (Å²) in [6.07, 6.45) is 0.763. The predicted molar refractivity (Wildman–Crippen MR) is 69.0 cm³/mol. The molecule has 0 fully saturated rings. The summed E-state index contributed by atoms with van der Waals surface area (Å²) in [6.45, 7) is 3.81. The number of Topliss-reactive ketones (excluding diaryl/α,β-unsaturated/α-hetero) is 1. The summed E-state index contributed by atoms with van der Waals surface area (Å²) in [5.74, 6) is -0.0246. The first kappa shape index (κ1) is 12.3. The predicted octanol–water partition coefficient (Wildman–Crippen LogP) is 1.45. The first-order valence-corrected chi connectivity index (χ1v) is 5.83. The molecule has 0 aliphatic rings. The maximum atomic E-state index is 12.0. The van der Waals surface area contributed by atoms with Crippen LogP contribution in [0.15, 0.2) is 27.8 Å². The summed E-state index contributed by atoms with van der Waals surface area (Å²) in [5.41, 5.74) is 0.118. The molecule has 0 radical (unpaired) electrons. The summed E-state index contributed by atoms with van der Waals surface area (Å²) in [5, 5.41) is 0. The van der Waals surface area contributed by atoms with Gasteiger partial charge in [0.15, 0.2) is 5.78 Å². The fourth-order valence-corrected chi connectivity index (χ4v) is 1.74. The molecule has 0 aliphatic carbocycles. The third-order valence-electron chi connectivity index (χ3n) is 3.07. The Morgan fingerprint density at radius 2 is 1.78 bits per heavy atom. The number of nitrogens with one attached hydrogen (secondary N) is 2. The highest BCUT2D eigenvalue weighted by Gasteiger charge is 2.13. The Bertz CT molecular complexity index is 712. The highest BCUT2D eigenvalue weighted by molar-refractivity contribution is 6.00. The number of aromatic nitrogens is 2. The molecular weight excluding hydrogens is 232 g/mol. The Morgan fingerprint density at radius 1 is 1.17 bits per heavy atom. The number of benzene rings is 1. The van der Waals surface area contributed by atoms with E-state index in [1.165, 1.54) is 0 Å². The van der Waals surface area contributed by atoms with Gasteiger partial charge in [-0.1, -0.05) is 13.8 Å². The van der Waals surface area contributed by atoms with Crippen molar-refractivity contribution in [2.75, 3.05) is 0 Å². The van der Waals surface area contributed by atoms with Crippen molar-refractivity contribution in [2.24, 2.45) is 5.92 Å². The van der Waals surface area contributed by atoms with Crippen LogP contribution in [0.3, 0.4) is 0 Å². The Kier molecular flexibility index (Phi) is 3.14. The van der Waals surface area contributed by atoms with Crippen LogP contribution in [0.4, 0.5) is 0 Å². The van der Waals surface area contributed by atoms with Gasteiger partial charge in [-0.25, -0.2) is 0 Å². The Morgan fingerprint density at radius 3 is 2.39 bits per heavy atom. The summed E-state index contributed by atoms with van der Waals surface area (Å²) >= 11 is 0. The highest BCUT2D eigenvalue weighted by Crippen LogP contribution is 2.15. The lowest BCUT2D eigenvalue weighted by Gasteiger charge is -2.07. The Balaban J connectivity index is 2.57. The minimum Gasteiger partial charge on any atom is -0.316 e. The van der Waals surface area contributed by atoms with Crippen LogP contribution in [-0.2, 0) is 0 Å². The number of hydrogen-bond acceptors (Lipinski definition) is 3. The average molecular weight is 246 g/mol. The SMILES string of the molecule is CCC(C)C(=O)c1ccc2[nH]c(=O)c(=O)[nH]c2c1. The normalized spacial score (nSPS) is 12.6. The van der Waals surface area contributed by atoms with Crippen molar-refractivity contribution >= 4 is 16.8 Å². The molecule has 0 spiro atoms. The van der Waals surface area contributed by atoms with Crippen LogP contribution in [0.25, 0.3) is 11.0 Å². The summed E-state index contributed by atoms with van der Waals surface area (Å²) < 4.78 is 0. The van der Waals surface area contributed by atoms with Crippen LogP contribution in [0.2, 0.25) is 0 Å². The number of fused-ring (bicyclic) bond motifs is 1. The minimum absolute atomic E-state index is 0.0337. The van der Waals surface area contributed by atoms with Crippen molar-refractivity contribution in [2.45, 2.75) is 20.3 Å². The topological polar surface area (TPSA) is 82.8 Å². The van der Waals surface area contributed by atoms with E-state index in [2.05, 4.69) is 9.97 Å². The van der Waals surface area contributed by atoms with E-state index in [1.54, 1.807) is 18.2 Å². The minimum atomic E-state index is -0.712. The zero-order valence-corrected chi connectivity index (χ0v) is 10.2. The van der Waals surface area contributed by atoms with Crippen LogP contribution < -0.4 is 11.1 Å². The molecule has 1 unspecified atom stereocenters. The summed E-state index contributed by atoms with van der Waals surface area (Å²) in [4.78, 5) is 39.3. The largest absolute Gasteiger partial charge is 0.316 e. The molecule has 2 rings (SSSR count). The second-order valence-corrected chi connectivity index (χ2v) is 4.34. The number of ketones is 1. The average Bonchev–Trinajstić information content (AvgIpc) is 2.37. The van der Waals surface area contributed by atoms with Gasteiger partial charge in [0.2, 0.25) is 0 Å². The van der Waals surface area contributed by atoms with Gasteiger partial charge in [0.1, 0.15) is 0 Å². The molecule has 2 aromatic rings. The molecule has 18 heavy (non-hydrogen) atoms. The number of carbonyl (C=O) groups excluding carboxylic acids is 1. The molecule has 0 saturated heterocycles. The van der Waals surface area contributed by atoms with Crippen molar-refractivity contribution in [3.05, 3.63) is 44.5 Å². The quantitative estimate of drug-likeness (QED) is 0.635. The maximum absolute atomic E-state index is 12.0. The fourth-order valence-electron chi connectivity index (χ4n) is 1.74. The Hall–Kier alpha value is -2.17. The lowest BCUT2D eigenvalue weighted by atomic mass is 9.97. The first-order valence-electron chi connectivity index (χ1n) is 5.83. The van der Waals surface area contributed by atoms with Crippen molar-refractivity contribution in [3.63, 3.8) is 0 Å². The number of rotatable bonds is 3. The van der Waals surface area contributed by atoms with Crippen LogP contribution >= 0.6 is 0 Å². The van der Waals surface area contributed by atoms with Gasteiger partial charge in [-0.05, 0) is 24.6 Å². The van der Waals surface area contributed by atoms with E-state index in [0.717, 1.165) is 6.42 Å². The number of aromatic amines is 2. The van der Waals surface area contributed by atoms with Crippen LogP contribution in [0, 0.1) is 5.92 Å². The fraction of sp³-hybridized carbons (Fsp3) is 0.308. The van der Waals surface area contributed by atoms with Gasteiger partial charge in [-0.15, -0.1) is 0 Å². The summed E-state index contributed by atoms with van der Waals surface area (Å²) in [7, 11) is 0. The van der Waals surface area contributed by atoms with Crippen molar-refractivity contribution in [1.82, 2.24) is 9.97 Å². The molecule has 0 amide bonds. The van der Waals surface area contributed by atoms with Gasteiger partial charge in [0.25, 0.3) is 0 Å². The van der Waals surface area contributed by atoms with E-state index in [-0.39, 0.29) is 11.7 Å². The van der Waals surface area contributed by atoms with Gasteiger partial charge in [-0.2, -0.15) is 0 Å². The van der Waals surface area contributed by atoms with E-state index in [4.69, 9.17) is 0 Å². The Labute approximate surface area is 103 Å². The van der Waals surface area contributed by atoms with Crippen LogP contribution in [-0.4, -0.2) is 15.8 Å². The monoisotopic (exact) mass is 246 g/mol. The molecule has 1 atom stereocenters. The van der Waals surface area contributed by atoms with Crippen LogP contribution in [0.5, 0.6) is 0 Å². The van der Waals surface area contributed by atoms with E-state index in [9.17, 15) is 14.4 Å². The summed E-state index contributed by atoms with van der Waals surface area (Å²) in [6, 6.07) is 4.88. The van der Waals surface area contributed by atoms with Gasteiger partial charge in [-0.3, -0.25) is 14.4 Å². The molecule has 94 valence electrons. The van der Waals surface area contributed by atoms with Gasteiger partial charge in [0.05, 0.1) is 11.0 Å². The van der Waals surface area contributed by atoms with E-state index >= 15 is 0 Å². The molecular formula is C13H14N2O3. The molecule has 0 saturated carbocycles. The van der Waals surface area contributed by atoms with Crippen molar-refractivity contribution < 1.29 is 4.79 Å². The van der Waals surface area contributed by atoms with Gasteiger partial charge in [0, 0.05) is 11.5 Å². The smallest absolute Gasteiger partial charge is 0.314 e. The maximum Gasteiger partial charge on any atom is 0.314 e. The zero-order valence-electron chi connectivity index (χ0n) is 10.2. The standard InChI is InChI=1S/C13H14N2O3/c1-3-7(2)11(16)8-4-5-9-10(6-8)15-13(18)12(17)14-9/h4-7H,3H2,1-2H3,(H,14,17)(H,15,18). The molecule has 5 heteroatoms. The molecule has 0 aliphatic heterocycles. The lowest BCUT2D eigenvalue weighted by molar-refractivity contribution is 0.0927. The molecule has 1 aromatic carbocycles. The molecule has 1 heterocycles. The van der Waals surface area contributed by atoms with E-state index < -0.39 is 11.1 Å². The second-order valence-electron chi connectivity index (χ2n) is 4.34.